The lowest BCUT2D eigenvalue weighted by Crippen LogP contribution is -2.15. The van der Waals surface area contributed by atoms with Gasteiger partial charge >= 0.3 is 0 Å². The fourth-order valence-corrected chi connectivity index (χ4v) is 3.81. The van der Waals surface area contributed by atoms with E-state index in [1.54, 1.807) is 0 Å². The Morgan fingerprint density at radius 3 is 2.62 bits per heavy atom. The predicted molar refractivity (Wildman–Crippen MR) is 109 cm³/mol. The molecule has 0 aliphatic rings. The van der Waals surface area contributed by atoms with Crippen LogP contribution in [0.3, 0.4) is 0 Å². The normalized spacial score (nSPS) is 10.8. The van der Waals surface area contributed by atoms with Crippen LogP contribution in [-0.4, -0.2) is 26.4 Å². The van der Waals surface area contributed by atoms with Crippen molar-refractivity contribution in [2.24, 2.45) is 0 Å². The van der Waals surface area contributed by atoms with Crippen LogP contribution in [0.1, 0.15) is 11.4 Å². The van der Waals surface area contributed by atoms with Gasteiger partial charge in [-0.25, -0.2) is 0 Å². The van der Waals surface area contributed by atoms with Crippen molar-refractivity contribution in [2.45, 2.75) is 19.0 Å². The van der Waals surface area contributed by atoms with E-state index < -0.39 is 0 Å². The van der Waals surface area contributed by atoms with E-state index in [1.165, 1.54) is 11.8 Å². The van der Waals surface area contributed by atoms with Gasteiger partial charge in [-0.2, -0.15) is 0 Å². The number of nitrogens with one attached hydrogen (secondary N) is 1. The van der Waals surface area contributed by atoms with Gasteiger partial charge in [0.25, 0.3) is 0 Å². The number of thioether (sulfide) groups is 1. The largest absolute Gasteiger partial charge is 0.325 e. The van der Waals surface area contributed by atoms with Gasteiger partial charge in [-0.1, -0.05) is 39.3 Å². The third kappa shape index (κ3) is 4.47. The van der Waals surface area contributed by atoms with Crippen molar-refractivity contribution < 1.29 is 4.79 Å². The molecule has 2 aromatic carbocycles. The molecule has 0 bridgehead atoms. The first-order valence-electron chi connectivity index (χ1n) is 7.81. The molecule has 0 atom stereocenters. The molecule has 5 nitrogen and oxygen atoms in total. The van der Waals surface area contributed by atoms with Crippen molar-refractivity contribution >= 4 is 50.9 Å². The molecule has 0 radical (unpaired) electrons. The zero-order chi connectivity index (χ0) is 18.7. The van der Waals surface area contributed by atoms with E-state index in [0.717, 1.165) is 27.2 Å². The van der Waals surface area contributed by atoms with Crippen molar-refractivity contribution in [2.75, 3.05) is 11.1 Å². The highest BCUT2D eigenvalue weighted by atomic mass is 79.9. The molecule has 0 saturated heterocycles. The van der Waals surface area contributed by atoms with E-state index >= 15 is 0 Å². The van der Waals surface area contributed by atoms with Crippen molar-refractivity contribution in [3.05, 3.63) is 63.3 Å². The van der Waals surface area contributed by atoms with E-state index in [9.17, 15) is 4.79 Å². The van der Waals surface area contributed by atoms with Crippen molar-refractivity contribution in [1.29, 1.82) is 0 Å². The summed E-state index contributed by atoms with van der Waals surface area (Å²) in [5.41, 5.74) is 2.70. The lowest BCUT2D eigenvalue weighted by molar-refractivity contribution is -0.113. The van der Waals surface area contributed by atoms with E-state index in [0.29, 0.717) is 10.2 Å². The molecule has 0 fully saturated rings. The number of carbonyl (C=O) groups excluding carboxylic acids is 1. The average molecular weight is 452 g/mol. The Balaban J connectivity index is 1.70. The van der Waals surface area contributed by atoms with Crippen LogP contribution in [0.2, 0.25) is 5.02 Å². The molecule has 0 aliphatic carbocycles. The molecule has 8 heteroatoms. The number of halogens is 2. The van der Waals surface area contributed by atoms with Gasteiger partial charge in [0.1, 0.15) is 5.82 Å². The number of benzene rings is 2. The molecule has 1 N–H and O–H groups in total. The standard InChI is InChI=1S/C18H16BrClN4OS/c1-11-9-13(19)3-8-16(11)21-17(25)10-26-18-23-22-12(2)24(18)15-6-4-14(20)5-7-15/h3-9H,10H2,1-2H3,(H,21,25). The van der Waals surface area contributed by atoms with Crippen LogP contribution in [0.15, 0.2) is 52.1 Å². The minimum Gasteiger partial charge on any atom is -0.325 e. The second-order valence-corrected chi connectivity index (χ2v) is 7.93. The molecule has 26 heavy (non-hydrogen) atoms. The lowest BCUT2D eigenvalue weighted by Gasteiger charge is -2.10. The highest BCUT2D eigenvalue weighted by Gasteiger charge is 2.14. The molecule has 3 rings (SSSR count). The van der Waals surface area contributed by atoms with Gasteiger partial charge in [-0.05, 0) is 61.9 Å². The maximum absolute atomic E-state index is 12.3. The summed E-state index contributed by atoms with van der Waals surface area (Å²) in [6.07, 6.45) is 0. The van der Waals surface area contributed by atoms with Crippen LogP contribution >= 0.6 is 39.3 Å². The number of nitrogens with zero attached hydrogens (tertiary/aromatic N) is 3. The Labute approximate surface area is 169 Å². The second kappa shape index (κ2) is 8.24. The van der Waals surface area contributed by atoms with E-state index in [-0.39, 0.29) is 11.7 Å². The van der Waals surface area contributed by atoms with E-state index in [1.807, 2.05) is 60.9 Å². The average Bonchev–Trinajstić information content (AvgIpc) is 2.97. The van der Waals surface area contributed by atoms with Crippen LogP contribution in [0.4, 0.5) is 5.69 Å². The zero-order valence-electron chi connectivity index (χ0n) is 14.2. The maximum Gasteiger partial charge on any atom is 0.234 e. The van der Waals surface area contributed by atoms with Crippen LogP contribution in [0.5, 0.6) is 0 Å². The fraction of sp³-hybridized carbons (Fsp3) is 0.167. The van der Waals surface area contributed by atoms with Gasteiger partial charge in [0, 0.05) is 20.9 Å². The van der Waals surface area contributed by atoms with Crippen molar-refractivity contribution in [1.82, 2.24) is 14.8 Å². The van der Waals surface area contributed by atoms with Gasteiger partial charge in [0.15, 0.2) is 5.16 Å². The summed E-state index contributed by atoms with van der Waals surface area (Å²) < 4.78 is 2.88. The molecule has 0 spiro atoms. The summed E-state index contributed by atoms with van der Waals surface area (Å²) in [5.74, 6) is 0.893. The molecule has 1 aromatic heterocycles. The van der Waals surface area contributed by atoms with E-state index in [4.69, 9.17) is 11.6 Å². The van der Waals surface area contributed by atoms with E-state index in [2.05, 4.69) is 31.4 Å². The number of amides is 1. The lowest BCUT2D eigenvalue weighted by atomic mass is 10.2. The molecule has 0 saturated carbocycles. The Morgan fingerprint density at radius 2 is 1.92 bits per heavy atom. The summed E-state index contributed by atoms with van der Waals surface area (Å²) in [5, 5.41) is 12.6. The number of carbonyl (C=O) groups is 1. The topological polar surface area (TPSA) is 59.8 Å². The zero-order valence-corrected chi connectivity index (χ0v) is 17.3. The SMILES string of the molecule is Cc1cc(Br)ccc1NC(=O)CSc1nnc(C)n1-c1ccc(Cl)cc1. The summed E-state index contributed by atoms with van der Waals surface area (Å²) in [6, 6.07) is 13.2. The monoisotopic (exact) mass is 450 g/mol. The molecule has 0 unspecified atom stereocenters. The van der Waals surface area contributed by atoms with Crippen LogP contribution in [0, 0.1) is 13.8 Å². The minimum absolute atomic E-state index is 0.0938. The number of hydrogen-bond donors (Lipinski definition) is 1. The molecule has 1 amide bonds. The third-order valence-electron chi connectivity index (χ3n) is 3.67. The summed E-state index contributed by atoms with van der Waals surface area (Å²) in [4.78, 5) is 12.3. The minimum atomic E-state index is -0.0938. The van der Waals surface area contributed by atoms with Crippen LogP contribution in [0.25, 0.3) is 5.69 Å². The summed E-state index contributed by atoms with van der Waals surface area (Å²) in [6.45, 7) is 3.82. The number of aromatic nitrogens is 3. The highest BCUT2D eigenvalue weighted by molar-refractivity contribution is 9.10. The molecule has 0 aliphatic heterocycles. The van der Waals surface area contributed by atoms with Crippen LogP contribution in [-0.2, 0) is 4.79 Å². The quantitative estimate of drug-likeness (QED) is 0.553. The second-order valence-electron chi connectivity index (χ2n) is 5.64. The number of hydrogen-bond acceptors (Lipinski definition) is 4. The number of rotatable bonds is 5. The van der Waals surface area contributed by atoms with Gasteiger partial charge in [0.2, 0.25) is 5.91 Å². The van der Waals surface area contributed by atoms with Gasteiger partial charge < -0.3 is 5.32 Å². The molecule has 134 valence electrons. The van der Waals surface area contributed by atoms with Crippen molar-refractivity contribution in [3.63, 3.8) is 0 Å². The first kappa shape index (κ1) is 18.9. The summed E-state index contributed by atoms with van der Waals surface area (Å²) >= 11 is 10.7. The molecule has 1 heterocycles. The van der Waals surface area contributed by atoms with Crippen molar-refractivity contribution in [3.8, 4) is 5.69 Å². The predicted octanol–water partition coefficient (Wildman–Crippen LogP) is 5.03. The van der Waals surface area contributed by atoms with Gasteiger partial charge in [0.05, 0.1) is 5.75 Å². The smallest absolute Gasteiger partial charge is 0.234 e. The first-order chi connectivity index (χ1) is 12.4. The maximum atomic E-state index is 12.3. The molecular formula is C18H16BrClN4OS. The fourth-order valence-electron chi connectivity index (χ4n) is 2.41. The number of anilines is 1. The number of aryl methyl sites for hydroxylation is 2. The van der Waals surface area contributed by atoms with Gasteiger partial charge in [-0.15, -0.1) is 10.2 Å². The molecule has 3 aromatic rings. The molecular weight excluding hydrogens is 436 g/mol. The third-order valence-corrected chi connectivity index (χ3v) is 5.35. The Bertz CT molecular complexity index is 943. The Hall–Kier alpha value is -1.83. The first-order valence-corrected chi connectivity index (χ1v) is 9.96. The van der Waals surface area contributed by atoms with Crippen LogP contribution < -0.4 is 5.32 Å². The Morgan fingerprint density at radius 1 is 1.19 bits per heavy atom. The van der Waals surface area contributed by atoms with Gasteiger partial charge in [-0.3, -0.25) is 9.36 Å². The highest BCUT2D eigenvalue weighted by Crippen LogP contribution is 2.24. The summed E-state index contributed by atoms with van der Waals surface area (Å²) in [7, 11) is 0. The Kier molecular flexibility index (Phi) is 6.01.